The SMILES string of the molecule is O=C1CC(C(=O)Nc2ccnc(Cl)n2)CN1. The van der Waals surface area contributed by atoms with Crippen LogP contribution in [0.5, 0.6) is 0 Å². The van der Waals surface area contributed by atoms with Gasteiger partial charge in [0.1, 0.15) is 5.82 Å². The number of hydrogen-bond acceptors (Lipinski definition) is 4. The van der Waals surface area contributed by atoms with Gasteiger partial charge in [0.25, 0.3) is 0 Å². The zero-order valence-electron chi connectivity index (χ0n) is 8.24. The van der Waals surface area contributed by atoms with Crippen molar-refractivity contribution in [1.29, 1.82) is 0 Å². The molecule has 1 atom stereocenters. The van der Waals surface area contributed by atoms with E-state index in [4.69, 9.17) is 11.6 Å². The summed E-state index contributed by atoms with van der Waals surface area (Å²) in [5.41, 5.74) is 0. The summed E-state index contributed by atoms with van der Waals surface area (Å²) in [6.07, 6.45) is 1.66. The Hall–Kier alpha value is -1.69. The van der Waals surface area contributed by atoms with Crippen molar-refractivity contribution >= 4 is 29.2 Å². The molecule has 0 saturated carbocycles. The lowest BCUT2D eigenvalue weighted by molar-refractivity contribution is -0.123. The van der Waals surface area contributed by atoms with Crippen LogP contribution in [-0.2, 0) is 9.59 Å². The van der Waals surface area contributed by atoms with Gasteiger partial charge in [-0.3, -0.25) is 9.59 Å². The second kappa shape index (κ2) is 4.44. The van der Waals surface area contributed by atoms with Crippen LogP contribution in [0.4, 0.5) is 5.82 Å². The highest BCUT2D eigenvalue weighted by Gasteiger charge is 2.28. The summed E-state index contributed by atoms with van der Waals surface area (Å²) in [5, 5.41) is 5.24. The van der Waals surface area contributed by atoms with Gasteiger partial charge in [-0.05, 0) is 17.7 Å². The van der Waals surface area contributed by atoms with Gasteiger partial charge in [0.05, 0.1) is 5.92 Å². The number of rotatable bonds is 2. The molecule has 0 aliphatic carbocycles. The number of carbonyl (C=O) groups is 2. The molecule has 2 amide bonds. The van der Waals surface area contributed by atoms with Crippen LogP contribution in [0.2, 0.25) is 5.28 Å². The Morgan fingerprint density at radius 1 is 1.62 bits per heavy atom. The van der Waals surface area contributed by atoms with Crippen LogP contribution in [-0.4, -0.2) is 28.3 Å². The average molecular weight is 241 g/mol. The number of carbonyl (C=O) groups excluding carboxylic acids is 2. The quantitative estimate of drug-likeness (QED) is 0.724. The second-order valence-corrected chi connectivity index (χ2v) is 3.74. The molecule has 0 radical (unpaired) electrons. The van der Waals surface area contributed by atoms with Gasteiger partial charge in [-0.2, -0.15) is 0 Å². The maximum Gasteiger partial charge on any atom is 0.230 e. The van der Waals surface area contributed by atoms with E-state index in [0.29, 0.717) is 12.4 Å². The lowest BCUT2D eigenvalue weighted by Gasteiger charge is -2.07. The molecule has 84 valence electrons. The van der Waals surface area contributed by atoms with Gasteiger partial charge in [0.2, 0.25) is 17.1 Å². The topological polar surface area (TPSA) is 84.0 Å². The third kappa shape index (κ3) is 2.46. The first-order valence-electron chi connectivity index (χ1n) is 4.71. The van der Waals surface area contributed by atoms with E-state index in [1.54, 1.807) is 0 Å². The van der Waals surface area contributed by atoms with Gasteiger partial charge in [-0.15, -0.1) is 0 Å². The minimum Gasteiger partial charge on any atom is -0.355 e. The smallest absolute Gasteiger partial charge is 0.230 e. The van der Waals surface area contributed by atoms with Gasteiger partial charge in [0, 0.05) is 19.2 Å². The highest BCUT2D eigenvalue weighted by Crippen LogP contribution is 2.12. The minimum absolute atomic E-state index is 0.0680. The molecular weight excluding hydrogens is 232 g/mol. The number of halogens is 1. The molecule has 6 nitrogen and oxygen atoms in total. The summed E-state index contributed by atoms with van der Waals surface area (Å²) < 4.78 is 0. The predicted molar refractivity (Wildman–Crippen MR) is 56.8 cm³/mol. The van der Waals surface area contributed by atoms with Gasteiger partial charge in [-0.25, -0.2) is 9.97 Å². The van der Waals surface area contributed by atoms with E-state index in [1.807, 2.05) is 0 Å². The Bertz CT molecular complexity index is 437. The van der Waals surface area contributed by atoms with E-state index in [9.17, 15) is 9.59 Å². The Kier molecular flexibility index (Phi) is 3.00. The zero-order chi connectivity index (χ0) is 11.5. The zero-order valence-corrected chi connectivity index (χ0v) is 8.99. The molecular formula is C9H9ClN4O2. The van der Waals surface area contributed by atoms with E-state index < -0.39 is 0 Å². The van der Waals surface area contributed by atoms with E-state index in [1.165, 1.54) is 12.3 Å². The molecule has 1 aromatic rings. The van der Waals surface area contributed by atoms with Crippen molar-refractivity contribution in [2.45, 2.75) is 6.42 Å². The summed E-state index contributed by atoms with van der Waals surface area (Å²) >= 11 is 5.57. The normalized spacial score (nSPS) is 19.3. The molecule has 0 aromatic carbocycles. The fourth-order valence-corrected chi connectivity index (χ4v) is 1.57. The fourth-order valence-electron chi connectivity index (χ4n) is 1.42. The van der Waals surface area contributed by atoms with Crippen molar-refractivity contribution in [3.8, 4) is 0 Å². The molecule has 1 aliphatic heterocycles. The van der Waals surface area contributed by atoms with Crippen LogP contribution in [0.25, 0.3) is 0 Å². The Labute approximate surface area is 96.4 Å². The molecule has 1 unspecified atom stereocenters. The van der Waals surface area contributed by atoms with Crippen LogP contribution < -0.4 is 10.6 Å². The number of nitrogens with zero attached hydrogens (tertiary/aromatic N) is 2. The lowest BCUT2D eigenvalue weighted by atomic mass is 10.1. The molecule has 2 heterocycles. The number of amides is 2. The fraction of sp³-hybridized carbons (Fsp3) is 0.333. The molecule has 1 aromatic heterocycles. The third-order valence-corrected chi connectivity index (χ3v) is 2.41. The highest BCUT2D eigenvalue weighted by atomic mass is 35.5. The number of nitrogens with one attached hydrogen (secondary N) is 2. The minimum atomic E-state index is -0.346. The standard InChI is InChI=1S/C9H9ClN4O2/c10-9-11-2-1-6(14-9)13-8(16)5-3-7(15)12-4-5/h1-2,5H,3-4H2,(H,12,15)(H,11,13,14,16). The molecule has 0 bridgehead atoms. The van der Waals surface area contributed by atoms with E-state index >= 15 is 0 Å². The third-order valence-electron chi connectivity index (χ3n) is 2.23. The van der Waals surface area contributed by atoms with E-state index in [-0.39, 0.29) is 29.4 Å². The van der Waals surface area contributed by atoms with Crippen molar-refractivity contribution in [2.24, 2.45) is 5.92 Å². The Balaban J connectivity index is 1.99. The van der Waals surface area contributed by atoms with Crippen molar-refractivity contribution in [3.05, 3.63) is 17.5 Å². The van der Waals surface area contributed by atoms with Crippen molar-refractivity contribution in [2.75, 3.05) is 11.9 Å². The largest absolute Gasteiger partial charge is 0.355 e. The molecule has 1 saturated heterocycles. The first-order chi connectivity index (χ1) is 7.65. The average Bonchev–Trinajstić information content (AvgIpc) is 2.65. The van der Waals surface area contributed by atoms with Crippen LogP contribution in [0, 0.1) is 5.92 Å². The first kappa shape index (κ1) is 10.8. The second-order valence-electron chi connectivity index (χ2n) is 3.41. The maximum atomic E-state index is 11.7. The molecule has 0 spiro atoms. The monoisotopic (exact) mass is 240 g/mol. The molecule has 1 aliphatic rings. The Morgan fingerprint density at radius 3 is 3.06 bits per heavy atom. The van der Waals surface area contributed by atoms with Gasteiger partial charge < -0.3 is 10.6 Å². The maximum absolute atomic E-state index is 11.7. The first-order valence-corrected chi connectivity index (χ1v) is 5.09. The summed E-state index contributed by atoms with van der Waals surface area (Å²) in [4.78, 5) is 30.1. The molecule has 1 fully saturated rings. The van der Waals surface area contributed by atoms with Gasteiger partial charge >= 0.3 is 0 Å². The molecule has 2 N–H and O–H groups in total. The highest BCUT2D eigenvalue weighted by molar-refractivity contribution is 6.28. The van der Waals surface area contributed by atoms with Crippen molar-refractivity contribution in [3.63, 3.8) is 0 Å². The molecule has 7 heteroatoms. The van der Waals surface area contributed by atoms with Crippen molar-refractivity contribution in [1.82, 2.24) is 15.3 Å². The molecule has 16 heavy (non-hydrogen) atoms. The van der Waals surface area contributed by atoms with Crippen LogP contribution in [0.1, 0.15) is 6.42 Å². The van der Waals surface area contributed by atoms with E-state index in [0.717, 1.165) is 0 Å². The molecule has 2 rings (SSSR count). The van der Waals surface area contributed by atoms with Gasteiger partial charge in [-0.1, -0.05) is 0 Å². The summed E-state index contributed by atoms with van der Waals surface area (Å²) in [6.45, 7) is 0.365. The summed E-state index contributed by atoms with van der Waals surface area (Å²) in [5.74, 6) is -0.362. The van der Waals surface area contributed by atoms with Crippen LogP contribution in [0.15, 0.2) is 12.3 Å². The Morgan fingerprint density at radius 2 is 2.44 bits per heavy atom. The number of hydrogen-bond donors (Lipinski definition) is 2. The van der Waals surface area contributed by atoms with Crippen molar-refractivity contribution < 1.29 is 9.59 Å². The lowest BCUT2D eigenvalue weighted by Crippen LogP contribution is -2.25. The number of aromatic nitrogens is 2. The summed E-state index contributed by atoms with van der Waals surface area (Å²) in [7, 11) is 0. The van der Waals surface area contributed by atoms with E-state index in [2.05, 4.69) is 20.6 Å². The predicted octanol–water partition coefficient (Wildman–Crippen LogP) is 0.205. The summed E-state index contributed by atoms with van der Waals surface area (Å²) in [6, 6.07) is 1.54. The van der Waals surface area contributed by atoms with Gasteiger partial charge in [0.15, 0.2) is 0 Å². The number of anilines is 1. The van der Waals surface area contributed by atoms with Crippen LogP contribution >= 0.6 is 11.6 Å². The van der Waals surface area contributed by atoms with Crippen LogP contribution in [0.3, 0.4) is 0 Å².